The van der Waals surface area contributed by atoms with Crippen molar-refractivity contribution in [2.24, 2.45) is 0 Å². The number of anilines is 2. The third kappa shape index (κ3) is 3.10. The summed E-state index contributed by atoms with van der Waals surface area (Å²) in [5.41, 5.74) is 2.76. The minimum Gasteiger partial charge on any atom is -0.348 e. The molecule has 3 heterocycles. The molecule has 1 aliphatic rings. The molecule has 19 heavy (non-hydrogen) atoms. The van der Waals surface area contributed by atoms with Crippen LogP contribution in [-0.4, -0.2) is 33.0 Å². The number of hydrogen-bond acceptors (Lipinski definition) is 7. The molecule has 1 aliphatic heterocycles. The Balaban J connectivity index is 1.73. The summed E-state index contributed by atoms with van der Waals surface area (Å²) in [6, 6.07) is 0. The summed E-state index contributed by atoms with van der Waals surface area (Å²) in [5, 5.41) is 5.33. The van der Waals surface area contributed by atoms with E-state index in [1.54, 1.807) is 16.8 Å². The van der Waals surface area contributed by atoms with Crippen LogP contribution in [0.1, 0.15) is 18.5 Å². The molecule has 2 aromatic rings. The van der Waals surface area contributed by atoms with E-state index in [4.69, 9.17) is 11.6 Å². The summed E-state index contributed by atoms with van der Waals surface area (Å²) in [4.78, 5) is 19.0. The summed E-state index contributed by atoms with van der Waals surface area (Å²) in [7, 11) is 0. The Morgan fingerprint density at radius 1 is 1.26 bits per heavy atom. The molecule has 0 aromatic carbocycles. The highest BCUT2D eigenvalue weighted by Crippen LogP contribution is 2.18. The van der Waals surface area contributed by atoms with E-state index >= 15 is 0 Å². The van der Waals surface area contributed by atoms with Gasteiger partial charge in [0, 0.05) is 18.5 Å². The van der Waals surface area contributed by atoms with Crippen molar-refractivity contribution in [3.05, 3.63) is 21.9 Å². The van der Waals surface area contributed by atoms with Gasteiger partial charge in [-0.1, -0.05) is 0 Å². The van der Waals surface area contributed by atoms with Gasteiger partial charge in [0.15, 0.2) is 0 Å². The van der Waals surface area contributed by atoms with Gasteiger partial charge >= 0.3 is 0 Å². The molecule has 0 amide bonds. The van der Waals surface area contributed by atoms with Crippen LogP contribution in [0.25, 0.3) is 0 Å². The lowest BCUT2D eigenvalue weighted by Crippen LogP contribution is -2.21. The maximum Gasteiger partial charge on any atom is 0.231 e. The summed E-state index contributed by atoms with van der Waals surface area (Å²) < 4.78 is 0. The third-order valence-corrected chi connectivity index (χ3v) is 3.70. The first kappa shape index (κ1) is 12.6. The van der Waals surface area contributed by atoms with Crippen molar-refractivity contribution in [1.82, 2.24) is 19.9 Å². The molecule has 0 saturated carbocycles. The van der Waals surface area contributed by atoms with Crippen LogP contribution in [0.3, 0.4) is 0 Å². The Labute approximate surface area is 119 Å². The first-order valence-corrected chi connectivity index (χ1v) is 7.41. The molecule has 8 heteroatoms. The molecular formula is C11H13ClN6S. The number of aromatic nitrogens is 4. The Morgan fingerprint density at radius 3 is 2.84 bits per heavy atom. The summed E-state index contributed by atoms with van der Waals surface area (Å²) in [5.74, 6) is 1.15. The predicted molar refractivity (Wildman–Crippen MR) is 75.7 cm³/mol. The number of nitrogens with one attached hydrogen (secondary N) is 1. The van der Waals surface area contributed by atoms with Crippen LogP contribution in [0, 0.1) is 0 Å². The van der Waals surface area contributed by atoms with E-state index in [0.717, 1.165) is 18.8 Å². The van der Waals surface area contributed by atoms with Gasteiger partial charge in [-0.3, -0.25) is 0 Å². The van der Waals surface area contributed by atoms with Gasteiger partial charge in [0.05, 0.1) is 17.7 Å². The second-order valence-electron chi connectivity index (χ2n) is 4.26. The molecule has 0 atom stereocenters. The predicted octanol–water partition coefficient (Wildman–Crippen LogP) is 2.19. The molecule has 0 bridgehead atoms. The quantitative estimate of drug-likeness (QED) is 0.933. The van der Waals surface area contributed by atoms with Crippen LogP contribution in [0.2, 0.25) is 5.28 Å². The molecule has 2 aromatic heterocycles. The normalized spacial score (nSPS) is 14.9. The maximum absolute atomic E-state index is 5.95. The second kappa shape index (κ2) is 5.66. The average Bonchev–Trinajstić information content (AvgIpc) is 3.09. The molecule has 100 valence electrons. The van der Waals surface area contributed by atoms with E-state index in [1.165, 1.54) is 12.8 Å². The zero-order valence-electron chi connectivity index (χ0n) is 10.2. The van der Waals surface area contributed by atoms with Gasteiger partial charge < -0.3 is 10.2 Å². The lowest BCUT2D eigenvalue weighted by atomic mass is 10.4. The fraction of sp³-hybridized carbons (Fsp3) is 0.455. The van der Waals surface area contributed by atoms with E-state index in [2.05, 4.69) is 30.2 Å². The molecular weight excluding hydrogens is 284 g/mol. The molecule has 0 radical (unpaired) electrons. The van der Waals surface area contributed by atoms with Crippen LogP contribution in [-0.2, 0) is 6.54 Å². The van der Waals surface area contributed by atoms with Gasteiger partial charge in [-0.25, -0.2) is 4.98 Å². The highest BCUT2D eigenvalue weighted by molar-refractivity contribution is 7.07. The van der Waals surface area contributed by atoms with E-state index in [0.29, 0.717) is 18.4 Å². The number of hydrogen-bond donors (Lipinski definition) is 1. The lowest BCUT2D eigenvalue weighted by Gasteiger charge is -2.15. The molecule has 3 rings (SSSR count). The van der Waals surface area contributed by atoms with Gasteiger partial charge in [0.25, 0.3) is 0 Å². The Bertz CT molecular complexity index is 540. The summed E-state index contributed by atoms with van der Waals surface area (Å²) in [6.07, 6.45) is 2.34. The Hall–Kier alpha value is -1.47. The van der Waals surface area contributed by atoms with E-state index < -0.39 is 0 Å². The Kier molecular flexibility index (Phi) is 3.74. The van der Waals surface area contributed by atoms with Crippen LogP contribution in [0.4, 0.5) is 11.9 Å². The topological polar surface area (TPSA) is 66.8 Å². The molecule has 1 N–H and O–H groups in total. The zero-order chi connectivity index (χ0) is 13.1. The standard InChI is InChI=1S/C11H13ClN6S/c12-9-15-10(13-5-8-6-19-7-14-8)17-11(16-9)18-3-1-2-4-18/h6-7H,1-5H2,(H,13,15,16,17). The van der Waals surface area contributed by atoms with Crippen molar-refractivity contribution in [1.29, 1.82) is 0 Å². The fourth-order valence-corrected chi connectivity index (χ4v) is 2.69. The molecule has 6 nitrogen and oxygen atoms in total. The van der Waals surface area contributed by atoms with Crippen molar-refractivity contribution in [3.8, 4) is 0 Å². The van der Waals surface area contributed by atoms with Crippen molar-refractivity contribution in [3.63, 3.8) is 0 Å². The van der Waals surface area contributed by atoms with Gasteiger partial charge in [-0.05, 0) is 24.4 Å². The first-order valence-electron chi connectivity index (χ1n) is 6.09. The zero-order valence-corrected chi connectivity index (χ0v) is 11.8. The smallest absolute Gasteiger partial charge is 0.231 e. The summed E-state index contributed by atoms with van der Waals surface area (Å²) in [6.45, 7) is 2.54. The number of nitrogens with zero attached hydrogens (tertiary/aromatic N) is 5. The minimum atomic E-state index is 0.220. The molecule has 0 spiro atoms. The van der Waals surface area contributed by atoms with E-state index in [-0.39, 0.29) is 5.28 Å². The maximum atomic E-state index is 5.95. The van der Waals surface area contributed by atoms with Crippen LogP contribution in [0.5, 0.6) is 0 Å². The van der Waals surface area contributed by atoms with Gasteiger partial charge in [0.1, 0.15) is 0 Å². The average molecular weight is 297 g/mol. The SMILES string of the molecule is Clc1nc(NCc2cscn2)nc(N2CCCC2)n1. The minimum absolute atomic E-state index is 0.220. The third-order valence-electron chi connectivity index (χ3n) is 2.90. The van der Waals surface area contributed by atoms with Crippen LogP contribution >= 0.6 is 22.9 Å². The highest BCUT2D eigenvalue weighted by Gasteiger charge is 2.16. The monoisotopic (exact) mass is 296 g/mol. The Morgan fingerprint density at radius 2 is 2.11 bits per heavy atom. The van der Waals surface area contributed by atoms with Crippen molar-refractivity contribution in [2.75, 3.05) is 23.3 Å². The van der Waals surface area contributed by atoms with Crippen molar-refractivity contribution < 1.29 is 0 Å². The number of halogens is 1. The molecule has 0 unspecified atom stereocenters. The molecule has 1 saturated heterocycles. The molecule has 0 aliphatic carbocycles. The second-order valence-corrected chi connectivity index (χ2v) is 5.31. The van der Waals surface area contributed by atoms with Crippen LogP contribution < -0.4 is 10.2 Å². The summed E-state index contributed by atoms with van der Waals surface area (Å²) >= 11 is 7.51. The van der Waals surface area contributed by atoms with E-state index in [1.807, 2.05) is 5.38 Å². The molecule has 1 fully saturated rings. The lowest BCUT2D eigenvalue weighted by molar-refractivity contribution is 0.874. The largest absolute Gasteiger partial charge is 0.348 e. The van der Waals surface area contributed by atoms with Crippen LogP contribution in [0.15, 0.2) is 10.9 Å². The van der Waals surface area contributed by atoms with Crippen molar-refractivity contribution in [2.45, 2.75) is 19.4 Å². The fourth-order valence-electron chi connectivity index (χ4n) is 1.97. The van der Waals surface area contributed by atoms with Gasteiger partial charge in [-0.15, -0.1) is 11.3 Å². The van der Waals surface area contributed by atoms with Gasteiger partial charge in [0.2, 0.25) is 17.2 Å². The highest BCUT2D eigenvalue weighted by atomic mass is 35.5. The van der Waals surface area contributed by atoms with Gasteiger partial charge in [-0.2, -0.15) is 15.0 Å². The number of rotatable bonds is 4. The van der Waals surface area contributed by atoms with Crippen molar-refractivity contribution >= 4 is 34.8 Å². The number of thiazole rings is 1. The first-order chi connectivity index (χ1) is 9.31. The van der Waals surface area contributed by atoms with E-state index in [9.17, 15) is 0 Å².